The molecule has 41 heavy (non-hydrogen) atoms. The highest BCUT2D eigenvalue weighted by molar-refractivity contribution is 7.57. The first-order valence-corrected chi connectivity index (χ1v) is 15.4. The van der Waals surface area contributed by atoms with Crippen LogP contribution in [0.5, 0.6) is 0 Å². The standard InChI is InChI=1S/C35H34N3O2P/c39-35(34-24-14-5-15-25-34)36-41(40,37(26-30-16-6-1-7-17-30)27-31-18-8-2-9-19-31)38(28-32-20-10-3-11-21-32)29-33-22-12-4-13-23-33/h1-25H,26-29H2,(H,36,39,40). The fourth-order valence-electron chi connectivity index (χ4n) is 4.78. The lowest BCUT2D eigenvalue weighted by atomic mass is 10.2. The van der Waals surface area contributed by atoms with Crippen LogP contribution in [-0.2, 0) is 30.7 Å². The molecule has 5 nitrogen and oxygen atoms in total. The molecule has 0 saturated carbocycles. The molecule has 1 N–H and O–H groups in total. The summed E-state index contributed by atoms with van der Waals surface area (Å²) < 4.78 is 19.6. The topological polar surface area (TPSA) is 52.7 Å². The largest absolute Gasteiger partial charge is 0.312 e. The average Bonchev–Trinajstić information content (AvgIpc) is 3.03. The minimum Gasteiger partial charge on any atom is -0.279 e. The fourth-order valence-corrected chi connectivity index (χ4v) is 7.23. The summed E-state index contributed by atoms with van der Waals surface area (Å²) >= 11 is 0. The summed E-state index contributed by atoms with van der Waals surface area (Å²) in [4.78, 5) is 13.7. The second kappa shape index (κ2) is 13.9. The normalized spacial score (nSPS) is 11.5. The summed E-state index contributed by atoms with van der Waals surface area (Å²) in [5, 5.41) is 3.06. The highest BCUT2D eigenvalue weighted by atomic mass is 31.2. The third-order valence-corrected chi connectivity index (χ3v) is 9.48. The molecular weight excluding hydrogens is 525 g/mol. The van der Waals surface area contributed by atoms with Gasteiger partial charge in [-0.2, -0.15) is 0 Å². The molecule has 0 saturated heterocycles. The zero-order valence-corrected chi connectivity index (χ0v) is 23.8. The summed E-state index contributed by atoms with van der Waals surface area (Å²) in [5.41, 5.74) is 4.51. The molecule has 0 fully saturated rings. The Morgan fingerprint density at radius 3 is 1.02 bits per heavy atom. The van der Waals surface area contributed by atoms with E-state index >= 15 is 4.57 Å². The van der Waals surface area contributed by atoms with E-state index in [0.29, 0.717) is 31.7 Å². The lowest BCUT2D eigenvalue weighted by molar-refractivity contribution is 0.0972. The number of carbonyl (C=O) groups is 1. The first-order chi connectivity index (χ1) is 20.1. The van der Waals surface area contributed by atoms with Crippen LogP contribution in [0.3, 0.4) is 0 Å². The van der Waals surface area contributed by atoms with E-state index < -0.39 is 7.59 Å². The van der Waals surface area contributed by atoms with Crippen LogP contribution in [0.15, 0.2) is 152 Å². The van der Waals surface area contributed by atoms with Crippen molar-refractivity contribution in [1.82, 2.24) is 14.4 Å². The second-order valence-electron chi connectivity index (χ2n) is 9.94. The van der Waals surface area contributed by atoms with Crippen molar-refractivity contribution in [3.8, 4) is 0 Å². The molecule has 0 aliphatic heterocycles. The van der Waals surface area contributed by atoms with Crippen molar-refractivity contribution < 1.29 is 9.36 Å². The van der Waals surface area contributed by atoms with E-state index in [2.05, 4.69) is 5.09 Å². The smallest absolute Gasteiger partial charge is 0.279 e. The number of nitrogens with one attached hydrogen (secondary N) is 1. The van der Waals surface area contributed by atoms with E-state index in [4.69, 9.17) is 0 Å². The van der Waals surface area contributed by atoms with Crippen molar-refractivity contribution in [2.45, 2.75) is 26.2 Å². The molecular formula is C35H34N3O2P. The van der Waals surface area contributed by atoms with Gasteiger partial charge < -0.3 is 0 Å². The number of hydrogen-bond acceptors (Lipinski definition) is 2. The third kappa shape index (κ3) is 7.68. The van der Waals surface area contributed by atoms with Crippen molar-refractivity contribution in [3.63, 3.8) is 0 Å². The first-order valence-electron chi connectivity index (χ1n) is 13.7. The van der Waals surface area contributed by atoms with Gasteiger partial charge in [0.05, 0.1) is 0 Å². The number of nitrogens with zero attached hydrogens (tertiary/aromatic N) is 2. The number of amides is 1. The molecule has 0 aliphatic carbocycles. The SMILES string of the molecule is O=C(NP(=O)(N(Cc1ccccc1)Cc1ccccc1)N(Cc1ccccc1)Cc1ccccc1)c1ccccc1. The minimum atomic E-state index is -3.76. The Bertz CT molecular complexity index is 1380. The van der Waals surface area contributed by atoms with Gasteiger partial charge in [0.25, 0.3) is 5.91 Å². The monoisotopic (exact) mass is 559 g/mol. The van der Waals surface area contributed by atoms with Crippen molar-refractivity contribution in [1.29, 1.82) is 0 Å². The van der Waals surface area contributed by atoms with Crippen LogP contribution in [0.25, 0.3) is 0 Å². The van der Waals surface area contributed by atoms with E-state index in [9.17, 15) is 4.79 Å². The third-order valence-electron chi connectivity index (χ3n) is 6.88. The Hall–Kier alpha value is -4.28. The highest BCUT2D eigenvalue weighted by Crippen LogP contribution is 2.53. The van der Waals surface area contributed by atoms with Crippen LogP contribution < -0.4 is 5.09 Å². The van der Waals surface area contributed by atoms with Gasteiger partial charge in [-0.1, -0.05) is 140 Å². The second-order valence-corrected chi connectivity index (χ2v) is 12.4. The molecule has 0 aliphatic rings. The highest BCUT2D eigenvalue weighted by Gasteiger charge is 2.39. The summed E-state index contributed by atoms with van der Waals surface area (Å²) in [6, 6.07) is 49.0. The van der Waals surface area contributed by atoms with Gasteiger partial charge in [0, 0.05) is 31.7 Å². The van der Waals surface area contributed by atoms with Gasteiger partial charge >= 0.3 is 7.59 Å². The predicted molar refractivity (Wildman–Crippen MR) is 166 cm³/mol. The van der Waals surface area contributed by atoms with Gasteiger partial charge in [0.1, 0.15) is 0 Å². The van der Waals surface area contributed by atoms with Crippen LogP contribution in [-0.4, -0.2) is 15.2 Å². The molecule has 0 bridgehead atoms. The van der Waals surface area contributed by atoms with Gasteiger partial charge in [-0.3, -0.25) is 14.4 Å². The molecule has 0 radical (unpaired) electrons. The Morgan fingerprint density at radius 1 is 0.463 bits per heavy atom. The van der Waals surface area contributed by atoms with Crippen LogP contribution in [0.1, 0.15) is 32.6 Å². The predicted octanol–water partition coefficient (Wildman–Crippen LogP) is 7.93. The summed E-state index contributed by atoms with van der Waals surface area (Å²) in [6.07, 6.45) is 0. The lowest BCUT2D eigenvalue weighted by Gasteiger charge is -2.39. The number of rotatable bonds is 12. The molecule has 5 aromatic rings. The average molecular weight is 560 g/mol. The molecule has 0 unspecified atom stereocenters. The molecule has 1 amide bonds. The van der Waals surface area contributed by atoms with Crippen LogP contribution in [0.2, 0.25) is 0 Å². The number of benzene rings is 5. The summed E-state index contributed by atoms with van der Waals surface area (Å²) in [5.74, 6) is -0.369. The Balaban J connectivity index is 1.62. The van der Waals surface area contributed by atoms with E-state index in [1.54, 1.807) is 12.1 Å². The maximum Gasteiger partial charge on any atom is 0.312 e. The minimum absolute atomic E-state index is 0.369. The van der Waals surface area contributed by atoms with E-state index in [1.807, 2.05) is 149 Å². The Labute approximate surface area is 242 Å². The van der Waals surface area contributed by atoms with E-state index in [-0.39, 0.29) is 5.91 Å². The lowest BCUT2D eigenvalue weighted by Crippen LogP contribution is -2.40. The molecule has 5 rings (SSSR count). The Morgan fingerprint density at radius 2 is 0.732 bits per heavy atom. The number of carbonyl (C=O) groups excluding carboxylic acids is 1. The zero-order chi connectivity index (χ0) is 28.3. The molecule has 0 heterocycles. The van der Waals surface area contributed by atoms with Gasteiger partial charge in [0.15, 0.2) is 0 Å². The molecule has 0 aromatic heterocycles. The quantitative estimate of drug-likeness (QED) is 0.158. The zero-order valence-electron chi connectivity index (χ0n) is 22.9. The van der Waals surface area contributed by atoms with Crippen LogP contribution in [0.4, 0.5) is 0 Å². The van der Waals surface area contributed by atoms with Crippen molar-refractivity contribution in [3.05, 3.63) is 179 Å². The van der Waals surface area contributed by atoms with Gasteiger partial charge in [0.2, 0.25) is 0 Å². The van der Waals surface area contributed by atoms with Crippen molar-refractivity contribution >= 4 is 13.5 Å². The number of hydrogen-bond donors (Lipinski definition) is 1. The van der Waals surface area contributed by atoms with Crippen LogP contribution >= 0.6 is 7.59 Å². The van der Waals surface area contributed by atoms with Crippen LogP contribution in [0, 0.1) is 0 Å². The van der Waals surface area contributed by atoms with Gasteiger partial charge in [-0.25, -0.2) is 9.34 Å². The van der Waals surface area contributed by atoms with E-state index in [0.717, 1.165) is 22.3 Å². The molecule has 0 atom stereocenters. The fraction of sp³-hybridized carbons (Fsp3) is 0.114. The molecule has 5 aromatic carbocycles. The Kier molecular flexibility index (Phi) is 9.56. The van der Waals surface area contributed by atoms with Gasteiger partial charge in [-0.15, -0.1) is 0 Å². The maximum atomic E-state index is 15.7. The summed E-state index contributed by atoms with van der Waals surface area (Å²) in [7, 11) is -3.76. The van der Waals surface area contributed by atoms with E-state index in [1.165, 1.54) is 0 Å². The first kappa shape index (κ1) is 28.3. The van der Waals surface area contributed by atoms with Crippen molar-refractivity contribution in [2.75, 3.05) is 0 Å². The van der Waals surface area contributed by atoms with Gasteiger partial charge in [-0.05, 0) is 34.4 Å². The molecule has 206 valence electrons. The summed E-state index contributed by atoms with van der Waals surface area (Å²) in [6.45, 7) is 1.56. The van der Waals surface area contributed by atoms with Crippen molar-refractivity contribution in [2.24, 2.45) is 0 Å². The maximum absolute atomic E-state index is 15.7. The molecule has 6 heteroatoms. The molecule has 0 spiro atoms.